The Bertz CT molecular complexity index is 746. The van der Waals surface area contributed by atoms with E-state index in [9.17, 15) is 53.1 Å². The number of alkyl halides is 11. The average Bonchev–Trinajstić information content (AvgIpc) is 2.51. The number of carboxylic acid groups (broad SMARTS) is 1. The highest BCUT2D eigenvalue weighted by Gasteiger charge is 2.87. The maximum absolute atomic E-state index is 13.4. The Morgan fingerprint density at radius 2 is 1.39 bits per heavy atom. The summed E-state index contributed by atoms with van der Waals surface area (Å²) in [4.78, 5) is 10.6. The third kappa shape index (κ3) is 3.91. The van der Waals surface area contributed by atoms with Gasteiger partial charge in [0, 0.05) is 0 Å². The highest BCUT2D eigenvalue weighted by Crippen LogP contribution is 2.57. The number of hydrogen-bond donors (Lipinski definition) is 1. The van der Waals surface area contributed by atoms with E-state index in [1.165, 1.54) is 0 Å². The SMILES string of the molecule is O=C(O)c1ccc(OCC(F)(F)C(F)(F)C(F)(F)C(F)(F)C(F)(F)F)c(Cl)c1. The molecule has 1 N–H and O–H groups in total. The van der Waals surface area contributed by atoms with Crippen molar-refractivity contribution < 1.29 is 62.9 Å². The van der Waals surface area contributed by atoms with E-state index in [0.717, 1.165) is 0 Å². The second kappa shape index (κ2) is 7.12. The molecule has 0 aliphatic rings. The summed E-state index contributed by atoms with van der Waals surface area (Å²) in [6.45, 7) is -2.78. The summed E-state index contributed by atoms with van der Waals surface area (Å²) in [7, 11) is 0. The first-order valence-electron chi connectivity index (χ1n) is 6.53. The molecule has 0 amide bonds. The molecule has 0 heterocycles. The number of halogens is 12. The maximum atomic E-state index is 13.4. The van der Waals surface area contributed by atoms with Crippen LogP contribution in [0.1, 0.15) is 10.4 Å². The molecule has 0 spiro atoms. The van der Waals surface area contributed by atoms with Crippen LogP contribution in [0.4, 0.5) is 48.3 Å². The standard InChI is InChI=1S/C13H6ClF11O3/c14-6-3-5(8(26)27)1-2-7(6)28-4-9(15,16)10(17,18)11(19,20)12(21,22)13(23,24)25/h1-3H,4H2,(H,26,27). The lowest BCUT2D eigenvalue weighted by molar-refractivity contribution is -0.423. The van der Waals surface area contributed by atoms with Gasteiger partial charge in [-0.25, -0.2) is 4.79 Å². The number of carbonyl (C=O) groups is 1. The van der Waals surface area contributed by atoms with E-state index in [-0.39, 0.29) is 0 Å². The van der Waals surface area contributed by atoms with Crippen LogP contribution in [-0.2, 0) is 0 Å². The van der Waals surface area contributed by atoms with Gasteiger partial charge in [0.2, 0.25) is 0 Å². The first-order valence-corrected chi connectivity index (χ1v) is 6.91. The quantitative estimate of drug-likeness (QED) is 0.552. The van der Waals surface area contributed by atoms with Gasteiger partial charge in [-0.3, -0.25) is 0 Å². The van der Waals surface area contributed by atoms with E-state index in [2.05, 4.69) is 4.74 Å². The normalized spacial score (nSPS) is 14.1. The van der Waals surface area contributed by atoms with Gasteiger partial charge in [-0.1, -0.05) is 11.6 Å². The average molecular weight is 455 g/mol. The zero-order chi connectivity index (χ0) is 22.3. The molecule has 1 aromatic rings. The van der Waals surface area contributed by atoms with Crippen molar-refractivity contribution in [2.24, 2.45) is 0 Å². The van der Waals surface area contributed by atoms with Crippen LogP contribution in [0.25, 0.3) is 0 Å². The minimum absolute atomic E-state index is 0.522. The molecule has 0 aromatic heterocycles. The van der Waals surface area contributed by atoms with Gasteiger partial charge in [0.1, 0.15) is 5.75 Å². The Hall–Kier alpha value is -1.99. The first kappa shape index (κ1) is 24.0. The summed E-state index contributed by atoms with van der Waals surface area (Å²) >= 11 is 5.40. The van der Waals surface area contributed by atoms with Crippen LogP contribution >= 0.6 is 11.6 Å². The molecule has 0 saturated carbocycles. The molecule has 15 heteroatoms. The van der Waals surface area contributed by atoms with Crippen LogP contribution < -0.4 is 4.74 Å². The molecule has 0 fully saturated rings. The molecule has 0 atom stereocenters. The topological polar surface area (TPSA) is 46.5 Å². The van der Waals surface area contributed by atoms with E-state index >= 15 is 0 Å². The van der Waals surface area contributed by atoms with Crippen molar-refractivity contribution >= 4 is 17.6 Å². The fourth-order valence-electron chi connectivity index (χ4n) is 1.61. The van der Waals surface area contributed by atoms with Gasteiger partial charge in [-0.05, 0) is 18.2 Å². The molecule has 0 unspecified atom stereocenters. The number of rotatable bonds is 7. The van der Waals surface area contributed by atoms with Gasteiger partial charge < -0.3 is 9.84 Å². The van der Waals surface area contributed by atoms with Gasteiger partial charge in [0.25, 0.3) is 0 Å². The van der Waals surface area contributed by atoms with Crippen molar-refractivity contribution in [3.05, 3.63) is 28.8 Å². The highest BCUT2D eigenvalue weighted by molar-refractivity contribution is 6.32. The van der Waals surface area contributed by atoms with Crippen molar-refractivity contribution in [3.63, 3.8) is 0 Å². The second-order valence-corrected chi connectivity index (χ2v) is 5.57. The number of hydrogen-bond acceptors (Lipinski definition) is 2. The van der Waals surface area contributed by atoms with Crippen LogP contribution in [0.15, 0.2) is 18.2 Å². The fraction of sp³-hybridized carbons (Fsp3) is 0.462. The Morgan fingerprint density at radius 3 is 1.79 bits per heavy atom. The van der Waals surface area contributed by atoms with Crippen molar-refractivity contribution in [2.45, 2.75) is 29.9 Å². The van der Waals surface area contributed by atoms with Crippen LogP contribution in [-0.4, -0.2) is 47.5 Å². The molecule has 0 aliphatic carbocycles. The Balaban J connectivity index is 3.16. The third-order valence-corrected chi connectivity index (χ3v) is 3.49. The van der Waals surface area contributed by atoms with E-state index in [1.807, 2.05) is 0 Å². The van der Waals surface area contributed by atoms with Gasteiger partial charge in [0.05, 0.1) is 10.6 Å². The molecule has 160 valence electrons. The predicted molar refractivity (Wildman–Crippen MR) is 69.7 cm³/mol. The van der Waals surface area contributed by atoms with Gasteiger partial charge in [-0.2, -0.15) is 48.3 Å². The lowest BCUT2D eigenvalue weighted by Crippen LogP contribution is -2.67. The number of aromatic carboxylic acids is 1. The second-order valence-electron chi connectivity index (χ2n) is 5.16. The molecule has 1 rings (SSSR count). The molecule has 3 nitrogen and oxygen atoms in total. The lowest BCUT2D eigenvalue weighted by Gasteiger charge is -2.37. The molecule has 28 heavy (non-hydrogen) atoms. The van der Waals surface area contributed by atoms with Crippen molar-refractivity contribution in [1.29, 1.82) is 0 Å². The van der Waals surface area contributed by atoms with E-state index in [1.54, 1.807) is 0 Å². The van der Waals surface area contributed by atoms with Crippen LogP contribution in [0.2, 0.25) is 5.02 Å². The van der Waals surface area contributed by atoms with Crippen molar-refractivity contribution in [1.82, 2.24) is 0 Å². The minimum atomic E-state index is -7.54. The van der Waals surface area contributed by atoms with Crippen molar-refractivity contribution in [3.8, 4) is 5.75 Å². The summed E-state index contributed by atoms with van der Waals surface area (Å²) in [5.74, 6) is -31.0. The van der Waals surface area contributed by atoms with E-state index < -0.39 is 58.8 Å². The van der Waals surface area contributed by atoms with Crippen LogP contribution in [0.3, 0.4) is 0 Å². The molecule has 1 aromatic carbocycles. The highest BCUT2D eigenvalue weighted by atomic mass is 35.5. The summed E-state index contributed by atoms with van der Waals surface area (Å²) in [5.41, 5.74) is -0.522. The molecule has 0 saturated heterocycles. The van der Waals surface area contributed by atoms with Gasteiger partial charge in [-0.15, -0.1) is 0 Å². The van der Waals surface area contributed by atoms with Crippen LogP contribution in [0.5, 0.6) is 5.75 Å². The molecule has 0 radical (unpaired) electrons. The zero-order valence-electron chi connectivity index (χ0n) is 12.7. The Labute approximate surface area is 152 Å². The summed E-state index contributed by atoms with van der Waals surface area (Å²) in [6, 6.07) is 1.80. The molecular formula is C13H6ClF11O3. The smallest absolute Gasteiger partial charge is 0.460 e. The monoisotopic (exact) mass is 454 g/mol. The summed E-state index contributed by atoms with van der Waals surface area (Å²) < 4.78 is 145. The minimum Gasteiger partial charge on any atom is -0.485 e. The lowest BCUT2D eigenvalue weighted by atomic mass is 9.98. The molecule has 0 aliphatic heterocycles. The Kier molecular flexibility index (Phi) is 6.11. The molecule has 0 bridgehead atoms. The third-order valence-electron chi connectivity index (χ3n) is 3.19. The number of benzene rings is 1. The largest absolute Gasteiger partial charge is 0.485 e. The number of carboxylic acids is 1. The maximum Gasteiger partial charge on any atom is 0.460 e. The van der Waals surface area contributed by atoms with E-state index in [4.69, 9.17) is 16.7 Å². The van der Waals surface area contributed by atoms with Gasteiger partial charge in [0.15, 0.2) is 6.61 Å². The van der Waals surface area contributed by atoms with Crippen molar-refractivity contribution in [2.75, 3.05) is 6.61 Å². The summed E-state index contributed by atoms with van der Waals surface area (Å²) in [6.07, 6.45) is -7.26. The molecular weight excluding hydrogens is 449 g/mol. The zero-order valence-corrected chi connectivity index (χ0v) is 13.5. The predicted octanol–water partition coefficient (Wildman–Crippen LogP) is 5.52. The Morgan fingerprint density at radius 1 is 0.893 bits per heavy atom. The van der Waals surface area contributed by atoms with Crippen LogP contribution in [0, 0.1) is 0 Å². The first-order chi connectivity index (χ1) is 12.3. The van der Waals surface area contributed by atoms with Gasteiger partial charge >= 0.3 is 35.8 Å². The summed E-state index contributed by atoms with van der Waals surface area (Å²) in [5, 5.41) is 7.86. The number of ether oxygens (including phenoxy) is 1. The van der Waals surface area contributed by atoms with E-state index in [0.29, 0.717) is 18.2 Å². The fourth-order valence-corrected chi connectivity index (χ4v) is 1.85.